The zero-order valence-electron chi connectivity index (χ0n) is 12.4. The highest BCUT2D eigenvalue weighted by Crippen LogP contribution is 2.31. The van der Waals surface area contributed by atoms with Gasteiger partial charge in [0.1, 0.15) is 6.54 Å². The fourth-order valence-corrected chi connectivity index (χ4v) is 2.37. The first-order valence-electron chi connectivity index (χ1n) is 6.27. The second-order valence-corrected chi connectivity index (χ2v) is 5.32. The molecule has 0 aliphatic heterocycles. The topological polar surface area (TPSA) is 65.1 Å². The lowest BCUT2D eigenvalue weighted by Crippen LogP contribution is -2.33. The van der Waals surface area contributed by atoms with E-state index in [1.165, 1.54) is 19.1 Å². The zero-order chi connectivity index (χ0) is 16.0. The third-order valence-electron chi connectivity index (χ3n) is 2.72. The van der Waals surface area contributed by atoms with Crippen molar-refractivity contribution < 1.29 is 23.8 Å². The molecule has 0 unspecified atom stereocenters. The van der Waals surface area contributed by atoms with Gasteiger partial charge in [0.25, 0.3) is 5.91 Å². The number of amides is 1. The van der Waals surface area contributed by atoms with Crippen LogP contribution in [0.5, 0.6) is 11.5 Å². The van der Waals surface area contributed by atoms with Crippen LogP contribution in [-0.4, -0.2) is 51.2 Å². The summed E-state index contributed by atoms with van der Waals surface area (Å²) in [6, 6.07) is 3.31. The Morgan fingerprint density at radius 1 is 1.19 bits per heavy atom. The highest BCUT2D eigenvalue weighted by Gasteiger charge is 2.20. The van der Waals surface area contributed by atoms with Crippen molar-refractivity contribution in [2.24, 2.45) is 0 Å². The van der Waals surface area contributed by atoms with E-state index < -0.39 is 5.97 Å². The number of ether oxygens (including phenoxy) is 3. The molecule has 0 bridgehead atoms. The van der Waals surface area contributed by atoms with Crippen LogP contribution in [-0.2, 0) is 9.53 Å². The van der Waals surface area contributed by atoms with E-state index in [1.807, 2.05) is 22.6 Å². The fraction of sp³-hybridized carbons (Fsp3) is 0.429. The normalized spacial score (nSPS) is 9.95. The Balaban J connectivity index is 2.98. The SMILES string of the molecule is CCOC(=O)CN(C)C(=O)c1cc(OC)c(OC)cc1I. The first-order chi connectivity index (χ1) is 9.94. The van der Waals surface area contributed by atoms with Crippen LogP contribution in [0.15, 0.2) is 12.1 Å². The van der Waals surface area contributed by atoms with E-state index in [0.29, 0.717) is 20.6 Å². The maximum Gasteiger partial charge on any atom is 0.325 e. The molecule has 0 heterocycles. The predicted octanol–water partition coefficient (Wildman–Crippen LogP) is 1.94. The molecule has 0 spiro atoms. The van der Waals surface area contributed by atoms with Crippen LogP contribution in [0.1, 0.15) is 17.3 Å². The second kappa shape index (κ2) is 8.06. The van der Waals surface area contributed by atoms with Gasteiger partial charge in [-0.05, 0) is 41.6 Å². The molecule has 1 amide bonds. The molecule has 1 aromatic rings. The fourth-order valence-electron chi connectivity index (χ4n) is 1.70. The Labute approximate surface area is 137 Å². The summed E-state index contributed by atoms with van der Waals surface area (Å²) < 4.78 is 15.9. The van der Waals surface area contributed by atoms with Crippen LogP contribution in [0.2, 0.25) is 0 Å². The van der Waals surface area contributed by atoms with E-state index >= 15 is 0 Å². The van der Waals surface area contributed by atoms with Crippen LogP contribution < -0.4 is 9.47 Å². The molecule has 21 heavy (non-hydrogen) atoms. The smallest absolute Gasteiger partial charge is 0.325 e. The Bertz CT molecular complexity index is 532. The van der Waals surface area contributed by atoms with Crippen LogP contribution in [0.3, 0.4) is 0 Å². The second-order valence-electron chi connectivity index (χ2n) is 4.15. The molecule has 116 valence electrons. The lowest BCUT2D eigenvalue weighted by Gasteiger charge is -2.18. The lowest BCUT2D eigenvalue weighted by atomic mass is 10.1. The van der Waals surface area contributed by atoms with Gasteiger partial charge in [0.15, 0.2) is 11.5 Å². The van der Waals surface area contributed by atoms with Gasteiger partial charge in [-0.1, -0.05) is 0 Å². The summed E-state index contributed by atoms with van der Waals surface area (Å²) in [4.78, 5) is 25.1. The lowest BCUT2D eigenvalue weighted by molar-refractivity contribution is -0.143. The van der Waals surface area contributed by atoms with Crippen LogP contribution >= 0.6 is 22.6 Å². The van der Waals surface area contributed by atoms with E-state index in [2.05, 4.69) is 0 Å². The van der Waals surface area contributed by atoms with Gasteiger partial charge in [0, 0.05) is 10.6 Å². The number of rotatable bonds is 6. The van der Waals surface area contributed by atoms with Gasteiger partial charge in [0.05, 0.1) is 26.4 Å². The van der Waals surface area contributed by atoms with Gasteiger partial charge in [-0.25, -0.2) is 0 Å². The molecule has 0 N–H and O–H groups in total. The molecule has 0 aromatic heterocycles. The summed E-state index contributed by atoms with van der Waals surface area (Å²) in [5, 5.41) is 0. The zero-order valence-corrected chi connectivity index (χ0v) is 14.6. The first kappa shape index (κ1) is 17.5. The number of methoxy groups -OCH3 is 2. The van der Waals surface area contributed by atoms with Crippen molar-refractivity contribution in [3.63, 3.8) is 0 Å². The van der Waals surface area contributed by atoms with Crippen molar-refractivity contribution in [2.45, 2.75) is 6.92 Å². The average molecular weight is 407 g/mol. The number of halogens is 1. The minimum absolute atomic E-state index is 0.100. The first-order valence-corrected chi connectivity index (χ1v) is 7.35. The van der Waals surface area contributed by atoms with E-state index in [1.54, 1.807) is 26.1 Å². The summed E-state index contributed by atoms with van der Waals surface area (Å²) in [7, 11) is 4.58. The number of nitrogens with zero attached hydrogens (tertiary/aromatic N) is 1. The van der Waals surface area contributed by atoms with Crippen molar-refractivity contribution in [2.75, 3.05) is 34.4 Å². The molecule has 0 aliphatic rings. The molecule has 0 saturated carbocycles. The van der Waals surface area contributed by atoms with E-state index in [4.69, 9.17) is 14.2 Å². The minimum atomic E-state index is -0.441. The third kappa shape index (κ3) is 4.48. The maximum atomic E-state index is 12.4. The highest BCUT2D eigenvalue weighted by molar-refractivity contribution is 14.1. The van der Waals surface area contributed by atoms with Gasteiger partial charge in [-0.2, -0.15) is 0 Å². The summed E-state index contributed by atoms with van der Waals surface area (Å²) in [6.45, 7) is 1.91. The number of esters is 1. The van der Waals surface area contributed by atoms with Crippen molar-refractivity contribution >= 4 is 34.5 Å². The molecule has 1 aromatic carbocycles. The Morgan fingerprint density at radius 3 is 2.29 bits per heavy atom. The molecule has 0 aliphatic carbocycles. The summed E-state index contributed by atoms with van der Waals surface area (Å²) in [5.74, 6) is 0.287. The number of likely N-dealkylation sites (N-methyl/N-ethyl adjacent to an activating group) is 1. The van der Waals surface area contributed by atoms with Gasteiger partial charge >= 0.3 is 5.97 Å². The molecule has 0 radical (unpaired) electrons. The minimum Gasteiger partial charge on any atom is -0.493 e. The Kier molecular flexibility index (Phi) is 6.73. The van der Waals surface area contributed by atoms with Crippen LogP contribution in [0.4, 0.5) is 0 Å². The van der Waals surface area contributed by atoms with E-state index in [9.17, 15) is 9.59 Å². The van der Waals surface area contributed by atoms with Crippen LogP contribution in [0.25, 0.3) is 0 Å². The Hall–Kier alpha value is -1.51. The molecule has 0 fully saturated rings. The summed E-state index contributed by atoms with van der Waals surface area (Å²) in [6.07, 6.45) is 0. The molecule has 0 atom stereocenters. The highest BCUT2D eigenvalue weighted by atomic mass is 127. The van der Waals surface area contributed by atoms with Crippen molar-refractivity contribution in [1.82, 2.24) is 4.90 Å². The van der Waals surface area contributed by atoms with Gasteiger partial charge in [-0.3, -0.25) is 9.59 Å². The van der Waals surface area contributed by atoms with Crippen molar-refractivity contribution in [1.29, 1.82) is 0 Å². The Morgan fingerprint density at radius 2 is 1.76 bits per heavy atom. The van der Waals surface area contributed by atoms with Crippen molar-refractivity contribution in [3.8, 4) is 11.5 Å². The van der Waals surface area contributed by atoms with E-state index in [-0.39, 0.29) is 19.1 Å². The van der Waals surface area contributed by atoms with Gasteiger partial charge < -0.3 is 19.1 Å². The van der Waals surface area contributed by atoms with Gasteiger partial charge in [-0.15, -0.1) is 0 Å². The number of carbonyl (C=O) groups is 2. The maximum absolute atomic E-state index is 12.4. The van der Waals surface area contributed by atoms with Crippen molar-refractivity contribution in [3.05, 3.63) is 21.3 Å². The third-order valence-corrected chi connectivity index (χ3v) is 3.61. The summed E-state index contributed by atoms with van der Waals surface area (Å²) >= 11 is 2.04. The molecular weight excluding hydrogens is 389 g/mol. The molecule has 6 nitrogen and oxygen atoms in total. The molecular formula is C14H18INO5. The number of benzene rings is 1. The molecule has 0 saturated heterocycles. The summed E-state index contributed by atoms with van der Waals surface area (Å²) in [5.41, 5.74) is 0.444. The van der Waals surface area contributed by atoms with Gasteiger partial charge in [0.2, 0.25) is 0 Å². The number of hydrogen-bond acceptors (Lipinski definition) is 5. The monoisotopic (exact) mass is 407 g/mol. The number of carbonyl (C=O) groups excluding carboxylic acids is 2. The van der Waals surface area contributed by atoms with Crippen LogP contribution in [0, 0.1) is 3.57 Å². The standard InChI is InChI=1S/C14H18INO5/c1-5-21-13(17)8-16(2)14(18)9-6-11(19-3)12(20-4)7-10(9)15/h6-7H,5,8H2,1-4H3. The molecule has 1 rings (SSSR count). The number of hydrogen-bond donors (Lipinski definition) is 0. The average Bonchev–Trinajstić information content (AvgIpc) is 2.46. The largest absolute Gasteiger partial charge is 0.493 e. The molecule has 7 heteroatoms. The quantitative estimate of drug-likeness (QED) is 0.533. The predicted molar refractivity (Wildman–Crippen MR) is 85.9 cm³/mol. The van der Waals surface area contributed by atoms with E-state index in [0.717, 1.165) is 0 Å².